The van der Waals surface area contributed by atoms with E-state index >= 15 is 0 Å². The second kappa shape index (κ2) is 8.02. The topological polar surface area (TPSA) is 81.7 Å². The van der Waals surface area contributed by atoms with E-state index in [1.165, 1.54) is 26.4 Å². The second-order valence-electron chi connectivity index (χ2n) is 5.36. The lowest BCUT2D eigenvalue weighted by atomic mass is 9.96. The van der Waals surface area contributed by atoms with Gasteiger partial charge in [-0.25, -0.2) is 13.1 Å². The third-order valence-electron chi connectivity index (χ3n) is 3.82. The van der Waals surface area contributed by atoms with Gasteiger partial charge in [-0.1, -0.05) is 37.3 Å². The molecule has 0 aliphatic heterocycles. The minimum atomic E-state index is -4.10. The Morgan fingerprint density at radius 1 is 1.08 bits per heavy atom. The summed E-state index contributed by atoms with van der Waals surface area (Å²) in [4.78, 5) is 12.4. The molecule has 0 bridgehead atoms. The summed E-state index contributed by atoms with van der Waals surface area (Å²) in [6.45, 7) is 1.83. The smallest absolute Gasteiger partial charge is 0.267 e. The maximum Gasteiger partial charge on any atom is 0.267 e. The molecule has 0 aliphatic carbocycles. The van der Waals surface area contributed by atoms with Crippen LogP contribution in [0.5, 0.6) is 11.5 Å². The van der Waals surface area contributed by atoms with Gasteiger partial charge in [0.2, 0.25) is 5.91 Å². The van der Waals surface area contributed by atoms with Crippen molar-refractivity contribution >= 4 is 15.9 Å². The zero-order valence-electron chi connectivity index (χ0n) is 14.4. The van der Waals surface area contributed by atoms with Crippen molar-refractivity contribution in [1.82, 2.24) is 4.72 Å². The van der Waals surface area contributed by atoms with E-state index < -0.39 is 21.8 Å². The standard InChI is InChI=1S/C18H21NO5S/c1-4-15(13-8-6-5-7-9-13)18(20)19-25(21,22)17-12-14(23-2)10-11-16(17)24-3/h5-12,15H,4H2,1-3H3,(H,19,20)/t15-/m0/s1. The van der Waals surface area contributed by atoms with Crippen molar-refractivity contribution in [2.45, 2.75) is 24.2 Å². The molecule has 134 valence electrons. The van der Waals surface area contributed by atoms with Gasteiger partial charge in [0, 0.05) is 6.07 Å². The number of sulfonamides is 1. The highest BCUT2D eigenvalue weighted by atomic mass is 32.2. The van der Waals surface area contributed by atoms with Crippen molar-refractivity contribution in [2.75, 3.05) is 14.2 Å². The lowest BCUT2D eigenvalue weighted by molar-refractivity contribution is -0.120. The van der Waals surface area contributed by atoms with Gasteiger partial charge in [-0.2, -0.15) is 0 Å². The number of benzene rings is 2. The highest BCUT2D eigenvalue weighted by Gasteiger charge is 2.27. The number of ether oxygens (including phenoxy) is 2. The molecule has 0 saturated heterocycles. The molecule has 2 aromatic carbocycles. The van der Waals surface area contributed by atoms with Crippen LogP contribution < -0.4 is 14.2 Å². The Morgan fingerprint density at radius 3 is 2.32 bits per heavy atom. The molecule has 0 radical (unpaired) electrons. The molecule has 0 heterocycles. The Morgan fingerprint density at radius 2 is 1.76 bits per heavy atom. The first kappa shape index (κ1) is 18.8. The Labute approximate surface area is 147 Å². The number of nitrogens with one attached hydrogen (secondary N) is 1. The first-order valence-electron chi connectivity index (χ1n) is 7.76. The maximum absolute atomic E-state index is 12.7. The van der Waals surface area contributed by atoms with Crippen molar-refractivity contribution in [2.24, 2.45) is 0 Å². The number of carbonyl (C=O) groups excluding carboxylic acids is 1. The third kappa shape index (κ3) is 4.30. The van der Waals surface area contributed by atoms with Crippen LogP contribution in [0.1, 0.15) is 24.8 Å². The molecule has 1 atom stereocenters. The van der Waals surface area contributed by atoms with Crippen molar-refractivity contribution in [3.63, 3.8) is 0 Å². The van der Waals surface area contributed by atoms with E-state index in [2.05, 4.69) is 4.72 Å². The number of methoxy groups -OCH3 is 2. The van der Waals surface area contributed by atoms with Crippen LogP contribution in [-0.2, 0) is 14.8 Å². The zero-order chi connectivity index (χ0) is 18.4. The molecule has 0 fully saturated rings. The van der Waals surface area contributed by atoms with Crippen LogP contribution in [0.15, 0.2) is 53.4 Å². The van der Waals surface area contributed by atoms with Gasteiger partial charge >= 0.3 is 0 Å². The van der Waals surface area contributed by atoms with Crippen LogP contribution in [0.3, 0.4) is 0 Å². The molecule has 0 unspecified atom stereocenters. The number of rotatable bonds is 7. The van der Waals surface area contributed by atoms with Gasteiger partial charge in [0.1, 0.15) is 16.4 Å². The second-order valence-corrected chi connectivity index (χ2v) is 7.01. The number of amides is 1. The monoisotopic (exact) mass is 363 g/mol. The van der Waals surface area contributed by atoms with E-state index in [0.29, 0.717) is 12.2 Å². The lowest BCUT2D eigenvalue weighted by Crippen LogP contribution is -2.34. The fourth-order valence-corrected chi connectivity index (χ4v) is 3.71. The Hall–Kier alpha value is -2.54. The molecule has 0 spiro atoms. The molecule has 0 aromatic heterocycles. The van der Waals surface area contributed by atoms with Crippen molar-refractivity contribution in [1.29, 1.82) is 0 Å². The molecule has 6 nitrogen and oxygen atoms in total. The third-order valence-corrected chi connectivity index (χ3v) is 5.19. The predicted octanol–water partition coefficient (Wildman–Crippen LogP) is 2.70. The summed E-state index contributed by atoms with van der Waals surface area (Å²) in [5.74, 6) is -0.663. The fourth-order valence-electron chi connectivity index (χ4n) is 2.51. The van der Waals surface area contributed by atoms with Crippen LogP contribution in [0, 0.1) is 0 Å². The van der Waals surface area contributed by atoms with Crippen molar-refractivity contribution in [3.8, 4) is 11.5 Å². The summed E-state index contributed by atoms with van der Waals surface area (Å²) in [6.07, 6.45) is 0.473. The maximum atomic E-state index is 12.7. The summed E-state index contributed by atoms with van der Waals surface area (Å²) in [7, 11) is -1.31. The quantitative estimate of drug-likeness (QED) is 0.818. The van der Waals surface area contributed by atoms with Crippen LogP contribution >= 0.6 is 0 Å². The summed E-state index contributed by atoms with van der Waals surface area (Å²) in [6, 6.07) is 13.4. The fraction of sp³-hybridized carbons (Fsp3) is 0.278. The SMILES string of the molecule is CC[C@H](C(=O)NS(=O)(=O)c1cc(OC)ccc1OC)c1ccccc1. The average molecular weight is 363 g/mol. The average Bonchev–Trinajstić information content (AvgIpc) is 2.62. The molecular formula is C18H21NO5S. The Kier molecular flexibility index (Phi) is 6.03. The first-order chi connectivity index (χ1) is 11.9. The van der Waals surface area contributed by atoms with Crippen LogP contribution in [0.4, 0.5) is 0 Å². The normalized spacial score (nSPS) is 12.3. The first-order valence-corrected chi connectivity index (χ1v) is 9.25. The molecule has 0 saturated carbocycles. The molecule has 0 aliphatic rings. The van der Waals surface area contributed by atoms with Gasteiger partial charge in [0.15, 0.2) is 0 Å². The largest absolute Gasteiger partial charge is 0.497 e. The molecule has 25 heavy (non-hydrogen) atoms. The summed E-state index contributed by atoms with van der Waals surface area (Å²) < 4.78 is 37.7. The minimum Gasteiger partial charge on any atom is -0.497 e. The van der Waals surface area contributed by atoms with Gasteiger partial charge < -0.3 is 9.47 Å². The lowest BCUT2D eigenvalue weighted by Gasteiger charge is -2.17. The van der Waals surface area contributed by atoms with E-state index in [9.17, 15) is 13.2 Å². The molecule has 2 rings (SSSR count). The Bertz CT molecular complexity index is 834. The van der Waals surface area contributed by atoms with Crippen molar-refractivity contribution < 1.29 is 22.7 Å². The van der Waals surface area contributed by atoms with Gasteiger partial charge in [-0.15, -0.1) is 0 Å². The molecule has 1 amide bonds. The summed E-state index contributed by atoms with van der Waals surface area (Å²) in [5, 5.41) is 0. The van der Waals surface area contributed by atoms with E-state index in [1.807, 2.05) is 25.1 Å². The van der Waals surface area contributed by atoms with Crippen LogP contribution in [0.2, 0.25) is 0 Å². The molecule has 7 heteroatoms. The number of hydrogen-bond donors (Lipinski definition) is 1. The minimum absolute atomic E-state index is 0.133. The summed E-state index contributed by atoms with van der Waals surface area (Å²) in [5.41, 5.74) is 0.760. The molecule has 2 aromatic rings. The van der Waals surface area contributed by atoms with Gasteiger partial charge in [0.05, 0.1) is 20.1 Å². The Balaban J connectivity index is 2.33. The highest BCUT2D eigenvalue weighted by molar-refractivity contribution is 7.90. The summed E-state index contributed by atoms with van der Waals surface area (Å²) >= 11 is 0. The van der Waals surface area contributed by atoms with Gasteiger partial charge in [-0.3, -0.25) is 4.79 Å². The zero-order valence-corrected chi connectivity index (χ0v) is 15.2. The predicted molar refractivity (Wildman–Crippen MR) is 94.3 cm³/mol. The van der Waals surface area contributed by atoms with Crippen molar-refractivity contribution in [3.05, 3.63) is 54.1 Å². The van der Waals surface area contributed by atoms with E-state index in [-0.39, 0.29) is 10.6 Å². The number of hydrogen-bond acceptors (Lipinski definition) is 5. The van der Waals surface area contributed by atoms with Gasteiger partial charge in [-0.05, 0) is 24.1 Å². The van der Waals surface area contributed by atoms with Crippen LogP contribution in [-0.4, -0.2) is 28.5 Å². The van der Waals surface area contributed by atoms with Gasteiger partial charge in [0.25, 0.3) is 10.0 Å². The van der Waals surface area contributed by atoms with E-state index in [0.717, 1.165) is 5.56 Å². The van der Waals surface area contributed by atoms with E-state index in [4.69, 9.17) is 9.47 Å². The van der Waals surface area contributed by atoms with Crippen LogP contribution in [0.25, 0.3) is 0 Å². The number of carbonyl (C=O) groups is 1. The highest BCUT2D eigenvalue weighted by Crippen LogP contribution is 2.29. The van der Waals surface area contributed by atoms with E-state index in [1.54, 1.807) is 18.2 Å². The molecular weight excluding hydrogens is 342 g/mol. The molecule has 1 N–H and O–H groups in total.